The van der Waals surface area contributed by atoms with Crippen LogP contribution in [0.1, 0.15) is 40.0 Å². The van der Waals surface area contributed by atoms with Crippen molar-refractivity contribution in [3.63, 3.8) is 0 Å². The predicted molar refractivity (Wildman–Crippen MR) is 79.0 cm³/mol. The zero-order valence-corrected chi connectivity index (χ0v) is 12.4. The van der Waals surface area contributed by atoms with E-state index in [9.17, 15) is 4.79 Å². The van der Waals surface area contributed by atoms with E-state index in [-0.39, 0.29) is 11.9 Å². The average molecular weight is 268 g/mol. The first kappa shape index (κ1) is 16.0. The monoisotopic (exact) mass is 268 g/mol. The Labute approximate surface area is 116 Å². The Kier molecular flexibility index (Phi) is 6.28. The van der Waals surface area contributed by atoms with Crippen LogP contribution in [0.2, 0.25) is 0 Å². The van der Waals surface area contributed by atoms with Crippen LogP contribution in [-0.2, 0) is 0 Å². The van der Waals surface area contributed by atoms with E-state index in [0.717, 1.165) is 38.9 Å². The van der Waals surface area contributed by atoms with Crippen molar-refractivity contribution >= 4 is 11.9 Å². The molecule has 1 saturated heterocycles. The van der Waals surface area contributed by atoms with Crippen LogP contribution in [0.5, 0.6) is 0 Å². The van der Waals surface area contributed by atoms with Crippen molar-refractivity contribution in [2.24, 2.45) is 34.2 Å². The third-order valence-corrected chi connectivity index (χ3v) is 4.05. The van der Waals surface area contributed by atoms with Crippen LogP contribution in [-0.4, -0.2) is 36.4 Å². The molecule has 0 aliphatic carbocycles. The van der Waals surface area contributed by atoms with Gasteiger partial charge in [-0.15, -0.1) is 0 Å². The van der Waals surface area contributed by atoms with Gasteiger partial charge in [-0.3, -0.25) is 0 Å². The summed E-state index contributed by atoms with van der Waals surface area (Å²) in [6, 6.07) is -0.184. The fraction of sp³-hybridized carbons (Fsp3) is 0.857. The van der Waals surface area contributed by atoms with Crippen molar-refractivity contribution in [1.82, 2.24) is 4.90 Å². The summed E-state index contributed by atoms with van der Waals surface area (Å²) in [6.45, 7) is 8.44. The van der Waals surface area contributed by atoms with Gasteiger partial charge >= 0.3 is 6.03 Å². The molecule has 0 aromatic rings. The number of piperidine rings is 1. The number of hydrogen-bond acceptors (Lipinski definition) is 2. The minimum atomic E-state index is -0.184. The quantitative estimate of drug-likeness (QED) is 0.602. The normalized spacial score (nSPS) is 19.8. The molecule has 0 bridgehead atoms. The van der Waals surface area contributed by atoms with E-state index in [1.165, 1.54) is 0 Å². The van der Waals surface area contributed by atoms with Crippen LogP contribution in [0.25, 0.3) is 0 Å². The van der Waals surface area contributed by atoms with E-state index < -0.39 is 0 Å². The highest BCUT2D eigenvalue weighted by atomic mass is 16.2. The Bertz CT molecular complexity index is 319. The number of hydrogen-bond donors (Lipinski definition) is 2. The molecule has 5 heteroatoms. The Morgan fingerprint density at radius 1 is 1.32 bits per heavy atom. The summed E-state index contributed by atoms with van der Waals surface area (Å²) in [5, 5.41) is 0. The van der Waals surface area contributed by atoms with Crippen LogP contribution < -0.4 is 11.5 Å². The molecule has 0 spiro atoms. The number of urea groups is 1. The fourth-order valence-corrected chi connectivity index (χ4v) is 2.47. The Morgan fingerprint density at radius 2 is 1.89 bits per heavy atom. The summed E-state index contributed by atoms with van der Waals surface area (Å²) in [5.74, 6) is 1.86. The second kappa shape index (κ2) is 7.48. The summed E-state index contributed by atoms with van der Waals surface area (Å²) in [6.07, 6.45) is 3.16. The second-order valence-corrected chi connectivity index (χ2v) is 5.85. The van der Waals surface area contributed by atoms with Crippen LogP contribution in [0.4, 0.5) is 4.79 Å². The number of rotatable bonds is 4. The predicted octanol–water partition coefficient (Wildman–Crippen LogP) is 1.82. The average Bonchev–Trinajstić information content (AvgIpc) is 2.39. The van der Waals surface area contributed by atoms with Gasteiger partial charge in [0.25, 0.3) is 0 Å². The molecule has 1 fully saturated rings. The first-order valence-corrected chi connectivity index (χ1v) is 7.28. The van der Waals surface area contributed by atoms with Gasteiger partial charge in [-0.1, -0.05) is 20.8 Å². The number of aliphatic imine (C=N–C) groups is 1. The van der Waals surface area contributed by atoms with Crippen LogP contribution in [0.15, 0.2) is 4.99 Å². The van der Waals surface area contributed by atoms with Gasteiger partial charge in [-0.2, -0.15) is 4.99 Å². The molecular weight excluding hydrogens is 240 g/mol. The highest BCUT2D eigenvalue weighted by Crippen LogP contribution is 2.26. The lowest BCUT2D eigenvalue weighted by atomic mass is 9.84. The summed E-state index contributed by atoms with van der Waals surface area (Å²) < 4.78 is 0. The molecule has 1 aliphatic rings. The number of carbonyl (C=O) groups excluding carboxylic acids is 1. The number of likely N-dealkylation sites (tertiary alicyclic amines) is 1. The van der Waals surface area contributed by atoms with Gasteiger partial charge in [0.15, 0.2) is 0 Å². The molecule has 2 amide bonds. The number of carbonyl (C=O) groups is 1. The summed E-state index contributed by atoms with van der Waals surface area (Å²) >= 11 is 0. The first-order chi connectivity index (χ1) is 8.95. The van der Waals surface area contributed by atoms with Gasteiger partial charge < -0.3 is 16.4 Å². The van der Waals surface area contributed by atoms with E-state index in [1.807, 2.05) is 13.8 Å². The number of amides is 2. The molecule has 1 heterocycles. The van der Waals surface area contributed by atoms with Crippen LogP contribution in [0.3, 0.4) is 0 Å². The Hall–Kier alpha value is -1.10. The molecule has 1 atom stereocenters. The molecule has 5 nitrogen and oxygen atoms in total. The van der Waals surface area contributed by atoms with Crippen molar-refractivity contribution in [2.75, 3.05) is 19.6 Å². The van der Waals surface area contributed by atoms with E-state index >= 15 is 0 Å². The zero-order valence-electron chi connectivity index (χ0n) is 12.4. The molecule has 0 aromatic carbocycles. The molecule has 1 aliphatic heterocycles. The Balaban J connectivity index is 2.45. The van der Waals surface area contributed by atoms with Crippen molar-refractivity contribution in [2.45, 2.75) is 40.0 Å². The topological polar surface area (TPSA) is 84.7 Å². The largest absolute Gasteiger partial charge is 0.387 e. The smallest absolute Gasteiger partial charge is 0.345 e. The summed E-state index contributed by atoms with van der Waals surface area (Å²) in [5.41, 5.74) is 11.3. The van der Waals surface area contributed by atoms with Crippen molar-refractivity contribution in [3.8, 4) is 0 Å². The van der Waals surface area contributed by atoms with Gasteiger partial charge in [0.2, 0.25) is 0 Å². The first-order valence-electron chi connectivity index (χ1n) is 7.28. The van der Waals surface area contributed by atoms with Gasteiger partial charge in [0.05, 0.1) is 0 Å². The van der Waals surface area contributed by atoms with E-state index in [1.54, 1.807) is 4.90 Å². The molecule has 1 rings (SSSR count). The third-order valence-electron chi connectivity index (χ3n) is 4.05. The second-order valence-electron chi connectivity index (χ2n) is 5.85. The molecule has 0 radical (unpaired) electrons. The maximum absolute atomic E-state index is 12.0. The van der Waals surface area contributed by atoms with Gasteiger partial charge in [-0.25, -0.2) is 4.79 Å². The van der Waals surface area contributed by atoms with Crippen molar-refractivity contribution in [1.29, 1.82) is 0 Å². The van der Waals surface area contributed by atoms with Gasteiger partial charge in [0.1, 0.15) is 5.84 Å². The molecule has 19 heavy (non-hydrogen) atoms. The number of nitrogens with zero attached hydrogens (tertiary/aromatic N) is 2. The standard InChI is InChI=1S/C14H28N4O/c1-10(2)13(16)17-14(19)18-8-5-12(6-9-18)11(3)4-7-15/h10-12H,4-9,15H2,1-3H3,(H2,16,17,19)/t11-/m1/s1. The highest BCUT2D eigenvalue weighted by Gasteiger charge is 2.25. The maximum Gasteiger partial charge on any atom is 0.345 e. The van der Waals surface area contributed by atoms with E-state index in [4.69, 9.17) is 11.5 Å². The van der Waals surface area contributed by atoms with E-state index in [0.29, 0.717) is 17.7 Å². The van der Waals surface area contributed by atoms with Crippen LogP contribution >= 0.6 is 0 Å². The molecular formula is C14H28N4O. The lowest BCUT2D eigenvalue weighted by molar-refractivity contribution is 0.158. The fourth-order valence-electron chi connectivity index (χ4n) is 2.47. The van der Waals surface area contributed by atoms with Gasteiger partial charge in [-0.05, 0) is 37.6 Å². The summed E-state index contributed by atoms with van der Waals surface area (Å²) in [7, 11) is 0. The van der Waals surface area contributed by atoms with Crippen LogP contribution in [0, 0.1) is 17.8 Å². The van der Waals surface area contributed by atoms with Crippen molar-refractivity contribution < 1.29 is 4.79 Å². The SMILES string of the molecule is CC(C)C(N)=NC(=O)N1CCC([C@H](C)CCN)CC1. The van der Waals surface area contributed by atoms with E-state index in [2.05, 4.69) is 11.9 Å². The zero-order chi connectivity index (χ0) is 14.4. The number of nitrogens with two attached hydrogens (primary N) is 2. The molecule has 110 valence electrons. The third kappa shape index (κ3) is 4.82. The lowest BCUT2D eigenvalue weighted by Crippen LogP contribution is -2.39. The minimum absolute atomic E-state index is 0.117. The summed E-state index contributed by atoms with van der Waals surface area (Å²) in [4.78, 5) is 17.7. The molecule has 0 aromatic heterocycles. The highest BCUT2D eigenvalue weighted by molar-refractivity contribution is 5.93. The Morgan fingerprint density at radius 3 is 2.37 bits per heavy atom. The van der Waals surface area contributed by atoms with Gasteiger partial charge in [0, 0.05) is 19.0 Å². The molecule has 0 saturated carbocycles. The minimum Gasteiger partial charge on any atom is -0.387 e. The number of amidine groups is 1. The maximum atomic E-state index is 12.0. The molecule has 4 N–H and O–H groups in total. The molecule has 0 unspecified atom stereocenters. The van der Waals surface area contributed by atoms with Crippen molar-refractivity contribution in [3.05, 3.63) is 0 Å². The lowest BCUT2D eigenvalue weighted by Gasteiger charge is -2.34.